The fraction of sp³-hybridized carbons (Fsp3) is 0.500. The number of alkyl halides is 3. The predicted molar refractivity (Wildman–Crippen MR) is 134 cm³/mol. The third kappa shape index (κ3) is 6.91. The lowest BCUT2D eigenvalue weighted by Gasteiger charge is -2.36. The molecule has 1 amide bonds. The number of carbonyl (C=O) groups excluding carboxylic acids is 1. The minimum Gasteiger partial charge on any atom is -0.382 e. The number of aryl methyl sites for hydroxylation is 1. The molecule has 2 aliphatic rings. The molecule has 1 heterocycles. The molecule has 1 saturated heterocycles. The Morgan fingerprint density at radius 1 is 1.08 bits per heavy atom. The molecule has 4 rings (SSSR count). The predicted octanol–water partition coefficient (Wildman–Crippen LogP) is 5.01. The van der Waals surface area contributed by atoms with Crippen LogP contribution in [0.5, 0.6) is 0 Å². The number of amides is 1. The Bertz CT molecular complexity index is 1110. The summed E-state index contributed by atoms with van der Waals surface area (Å²) in [6, 6.07) is 10.5. The Balaban J connectivity index is 1.18. The summed E-state index contributed by atoms with van der Waals surface area (Å²) in [6.45, 7) is 3.51. The van der Waals surface area contributed by atoms with E-state index in [1.165, 1.54) is 12.1 Å². The summed E-state index contributed by atoms with van der Waals surface area (Å²) in [7, 11) is 0. The maximum atomic E-state index is 13.0. The molecule has 0 radical (unpaired) electrons. The Kier molecular flexibility index (Phi) is 8.21. The highest BCUT2D eigenvalue weighted by atomic mass is 19.4. The molecule has 37 heavy (non-hydrogen) atoms. The van der Waals surface area contributed by atoms with Gasteiger partial charge in [0.25, 0.3) is 5.69 Å². The van der Waals surface area contributed by atoms with Crippen LogP contribution in [0.15, 0.2) is 42.5 Å². The van der Waals surface area contributed by atoms with Gasteiger partial charge in [0.1, 0.15) is 6.61 Å². The number of nitro groups is 1. The molecule has 1 N–H and O–H groups in total. The number of anilines is 2. The van der Waals surface area contributed by atoms with Crippen LogP contribution >= 0.6 is 0 Å². The number of piperazine rings is 1. The first-order valence-corrected chi connectivity index (χ1v) is 12.4. The molecular weight excluding hydrogens is 489 g/mol. The SMILES string of the molecule is Cc1cc(NC2CCC(OCC(=O)N3CCN(c4cccc(C(F)(F)F)c4)CC3)CC2)ccc1[N+](=O)[O-]. The topological polar surface area (TPSA) is 88.0 Å². The van der Waals surface area contributed by atoms with E-state index in [4.69, 9.17) is 4.74 Å². The van der Waals surface area contributed by atoms with E-state index < -0.39 is 11.7 Å². The maximum absolute atomic E-state index is 13.0. The number of halogens is 3. The molecule has 200 valence electrons. The number of hydrogen-bond acceptors (Lipinski definition) is 6. The third-order valence-electron chi connectivity index (χ3n) is 7.05. The number of nitrogens with zero attached hydrogens (tertiary/aromatic N) is 3. The van der Waals surface area contributed by atoms with Gasteiger partial charge in [-0.2, -0.15) is 13.2 Å². The lowest BCUT2D eigenvalue weighted by atomic mass is 9.92. The van der Waals surface area contributed by atoms with E-state index in [2.05, 4.69) is 5.32 Å². The molecule has 1 saturated carbocycles. The monoisotopic (exact) mass is 520 g/mol. The van der Waals surface area contributed by atoms with E-state index in [0.717, 1.165) is 43.5 Å². The quantitative estimate of drug-likeness (QED) is 0.408. The number of nitro benzene ring substituents is 1. The van der Waals surface area contributed by atoms with Crippen LogP contribution in [0.25, 0.3) is 0 Å². The second kappa shape index (κ2) is 11.4. The molecule has 1 aliphatic heterocycles. The number of nitrogens with one attached hydrogen (secondary N) is 1. The Morgan fingerprint density at radius 2 is 1.78 bits per heavy atom. The zero-order valence-corrected chi connectivity index (χ0v) is 20.7. The summed E-state index contributed by atoms with van der Waals surface area (Å²) in [6.07, 6.45) is -1.05. The van der Waals surface area contributed by atoms with Crippen LogP contribution in [0.1, 0.15) is 36.8 Å². The van der Waals surface area contributed by atoms with E-state index in [0.29, 0.717) is 37.4 Å². The number of carbonyl (C=O) groups is 1. The van der Waals surface area contributed by atoms with Crippen LogP contribution < -0.4 is 10.2 Å². The average Bonchev–Trinajstić information content (AvgIpc) is 2.87. The van der Waals surface area contributed by atoms with Crippen molar-refractivity contribution >= 4 is 23.0 Å². The second-order valence-electron chi connectivity index (χ2n) is 9.60. The molecule has 8 nitrogen and oxygen atoms in total. The summed E-state index contributed by atoms with van der Waals surface area (Å²) >= 11 is 0. The second-order valence-corrected chi connectivity index (χ2v) is 9.60. The summed E-state index contributed by atoms with van der Waals surface area (Å²) < 4.78 is 44.9. The van der Waals surface area contributed by atoms with Gasteiger partial charge in [0.05, 0.1) is 16.6 Å². The van der Waals surface area contributed by atoms with E-state index in [1.807, 2.05) is 4.90 Å². The normalized spacial score (nSPS) is 20.5. The van der Waals surface area contributed by atoms with Crippen molar-refractivity contribution in [1.29, 1.82) is 0 Å². The summed E-state index contributed by atoms with van der Waals surface area (Å²) in [5.41, 5.74) is 1.40. The van der Waals surface area contributed by atoms with Gasteiger partial charge in [-0.1, -0.05) is 6.07 Å². The van der Waals surface area contributed by atoms with E-state index in [9.17, 15) is 28.1 Å². The summed E-state index contributed by atoms with van der Waals surface area (Å²) in [5, 5.41) is 14.4. The van der Waals surface area contributed by atoms with Crippen molar-refractivity contribution in [3.8, 4) is 0 Å². The third-order valence-corrected chi connectivity index (χ3v) is 7.05. The average molecular weight is 521 g/mol. The van der Waals surface area contributed by atoms with Crippen LogP contribution in [0, 0.1) is 17.0 Å². The molecule has 0 unspecified atom stereocenters. The maximum Gasteiger partial charge on any atom is 0.416 e. The molecule has 0 aromatic heterocycles. The highest BCUT2D eigenvalue weighted by Gasteiger charge is 2.31. The number of hydrogen-bond donors (Lipinski definition) is 1. The molecule has 0 atom stereocenters. The van der Waals surface area contributed by atoms with Crippen molar-refractivity contribution in [2.24, 2.45) is 0 Å². The van der Waals surface area contributed by atoms with Crippen molar-refractivity contribution in [2.75, 3.05) is 43.0 Å². The van der Waals surface area contributed by atoms with Crippen molar-refractivity contribution in [3.05, 3.63) is 63.7 Å². The molecule has 0 spiro atoms. The van der Waals surface area contributed by atoms with Crippen LogP contribution in [0.4, 0.5) is 30.2 Å². The van der Waals surface area contributed by atoms with Crippen molar-refractivity contribution in [2.45, 2.75) is 50.9 Å². The van der Waals surface area contributed by atoms with Gasteiger partial charge in [-0.3, -0.25) is 14.9 Å². The molecule has 2 fully saturated rings. The number of rotatable bonds is 7. The van der Waals surface area contributed by atoms with Crippen LogP contribution in [0.2, 0.25) is 0 Å². The van der Waals surface area contributed by atoms with Gasteiger partial charge in [0, 0.05) is 55.2 Å². The van der Waals surface area contributed by atoms with E-state index in [-0.39, 0.29) is 35.3 Å². The number of ether oxygens (including phenoxy) is 1. The molecule has 2 aromatic carbocycles. The van der Waals surface area contributed by atoms with Gasteiger partial charge >= 0.3 is 6.18 Å². The van der Waals surface area contributed by atoms with Gasteiger partial charge in [-0.25, -0.2) is 0 Å². The van der Waals surface area contributed by atoms with Gasteiger partial charge < -0.3 is 19.9 Å². The first kappa shape index (κ1) is 26.7. The summed E-state index contributed by atoms with van der Waals surface area (Å²) in [4.78, 5) is 26.8. The molecule has 2 aromatic rings. The molecule has 0 bridgehead atoms. The fourth-order valence-electron chi connectivity index (χ4n) is 4.93. The lowest BCUT2D eigenvalue weighted by molar-refractivity contribution is -0.385. The smallest absolute Gasteiger partial charge is 0.382 e. The van der Waals surface area contributed by atoms with Gasteiger partial charge in [-0.15, -0.1) is 0 Å². The highest BCUT2D eigenvalue weighted by molar-refractivity contribution is 5.77. The van der Waals surface area contributed by atoms with Crippen LogP contribution in [-0.4, -0.2) is 60.7 Å². The highest BCUT2D eigenvalue weighted by Crippen LogP contribution is 2.32. The first-order valence-electron chi connectivity index (χ1n) is 12.4. The van der Waals surface area contributed by atoms with Crippen molar-refractivity contribution < 1.29 is 27.6 Å². The van der Waals surface area contributed by atoms with Gasteiger partial charge in [0.15, 0.2) is 0 Å². The van der Waals surface area contributed by atoms with E-state index in [1.54, 1.807) is 30.0 Å². The lowest BCUT2D eigenvalue weighted by Crippen LogP contribution is -2.50. The Labute approximate surface area is 213 Å². The van der Waals surface area contributed by atoms with Crippen molar-refractivity contribution in [3.63, 3.8) is 0 Å². The first-order chi connectivity index (χ1) is 17.6. The Hall–Kier alpha value is -3.34. The molecular formula is C26H31F3N4O4. The largest absolute Gasteiger partial charge is 0.416 e. The molecule has 1 aliphatic carbocycles. The zero-order valence-electron chi connectivity index (χ0n) is 20.7. The fourth-order valence-corrected chi connectivity index (χ4v) is 4.93. The minimum atomic E-state index is -4.38. The summed E-state index contributed by atoms with van der Waals surface area (Å²) in [5.74, 6) is -0.106. The Morgan fingerprint density at radius 3 is 2.41 bits per heavy atom. The zero-order chi connectivity index (χ0) is 26.6. The van der Waals surface area contributed by atoms with Crippen LogP contribution in [0.3, 0.4) is 0 Å². The molecule has 11 heteroatoms. The van der Waals surface area contributed by atoms with Crippen molar-refractivity contribution in [1.82, 2.24) is 4.90 Å². The van der Waals surface area contributed by atoms with E-state index >= 15 is 0 Å². The minimum absolute atomic E-state index is 0.00608. The van der Waals surface area contributed by atoms with Gasteiger partial charge in [0.2, 0.25) is 5.91 Å². The van der Waals surface area contributed by atoms with Gasteiger partial charge in [-0.05, 0) is 62.9 Å². The number of benzene rings is 2. The van der Waals surface area contributed by atoms with Crippen LogP contribution in [-0.2, 0) is 15.7 Å². The standard InChI is InChI=1S/C26H31F3N4O4/c1-18-15-21(7-10-24(18)33(35)36)30-20-5-8-23(9-6-20)37-17-25(34)32-13-11-31(12-14-32)22-4-2-3-19(16-22)26(27,28)29/h2-4,7,10,15-16,20,23,30H,5-6,8-9,11-14,17H2,1H3.